The predicted octanol–water partition coefficient (Wildman–Crippen LogP) is 7.85. The summed E-state index contributed by atoms with van der Waals surface area (Å²) in [6.45, 7) is 17.6. The molecule has 0 aliphatic heterocycles. The Labute approximate surface area is 235 Å². The fourth-order valence-electron chi connectivity index (χ4n) is 9.72. The minimum Gasteiger partial charge on any atom is -0.481 e. The highest BCUT2D eigenvalue weighted by atomic mass is 16.4. The molecule has 39 heavy (non-hydrogen) atoms. The van der Waals surface area contributed by atoms with Crippen molar-refractivity contribution in [2.75, 3.05) is 0 Å². The molecule has 4 rings (SSSR count). The number of allylic oxidation sites excluding steroid dienone is 4. The second-order valence-electron chi connectivity index (χ2n) is 15.7. The van der Waals surface area contributed by atoms with E-state index in [1.807, 2.05) is 26.0 Å². The third-order valence-electron chi connectivity index (χ3n) is 12.5. The number of fused-ring (bicyclic) bond motifs is 3. The van der Waals surface area contributed by atoms with Crippen LogP contribution in [0.25, 0.3) is 0 Å². The number of carboxylic acid groups (broad SMARTS) is 1. The third kappa shape index (κ3) is 4.64. The Morgan fingerprint density at radius 1 is 1.03 bits per heavy atom. The van der Waals surface area contributed by atoms with Gasteiger partial charge in [-0.1, -0.05) is 67.0 Å². The summed E-state index contributed by atoms with van der Waals surface area (Å²) in [5.41, 5.74) is -0.185. The number of hydrogen-bond donors (Lipinski definition) is 1. The lowest BCUT2D eigenvalue weighted by Crippen LogP contribution is -2.58. The summed E-state index contributed by atoms with van der Waals surface area (Å²) < 4.78 is 0. The Balaban J connectivity index is 1.72. The average Bonchev–Trinajstić information content (AvgIpc) is 2.82. The first-order valence-electron chi connectivity index (χ1n) is 15.0. The van der Waals surface area contributed by atoms with E-state index in [0.29, 0.717) is 18.8 Å². The van der Waals surface area contributed by atoms with E-state index in [9.17, 15) is 24.8 Å². The predicted molar refractivity (Wildman–Crippen MR) is 153 cm³/mol. The maximum atomic E-state index is 13.5. The first kappa shape index (κ1) is 29.8. The van der Waals surface area contributed by atoms with Crippen LogP contribution in [-0.4, -0.2) is 22.6 Å². The molecule has 0 bridgehead atoms. The summed E-state index contributed by atoms with van der Waals surface area (Å²) in [5, 5.41) is 19.4. The maximum absolute atomic E-state index is 13.5. The molecule has 214 valence electrons. The van der Waals surface area contributed by atoms with E-state index in [1.54, 1.807) is 0 Å². The normalized spacial score (nSPS) is 41.0. The molecule has 0 radical (unpaired) electrons. The maximum Gasteiger partial charge on any atom is 0.303 e. The number of nitriles is 1. The van der Waals surface area contributed by atoms with Crippen LogP contribution in [0.5, 0.6) is 0 Å². The SMILES string of the molecule is CC1CC(C)(C)CC[C@]1(CCC(=O)O)CC[C@]1(C)CC(=O)C=C2[C@@]3(C)C=C(C#N)C(=O)C(C)(C)[C@@H]3CC[C@]21C. The monoisotopic (exact) mass is 535 g/mol. The van der Waals surface area contributed by atoms with E-state index >= 15 is 0 Å². The van der Waals surface area contributed by atoms with E-state index in [4.69, 9.17) is 0 Å². The molecule has 1 N–H and O–H groups in total. The molecule has 2 fully saturated rings. The van der Waals surface area contributed by atoms with E-state index in [2.05, 4.69) is 47.6 Å². The summed E-state index contributed by atoms with van der Waals surface area (Å²) in [6.07, 6.45) is 11.9. The standard InChI is InChI=1S/C34H49NO4/c1-22-18-29(2,3)13-15-34(22,12-10-27(37)38)16-14-31(6)20-24(36)17-26-32(7)19-23(21-35)28(39)30(4,5)25(32)9-11-33(26,31)8/h17,19,22,25H,9-16,18,20H2,1-8H3,(H,37,38)/t22?,25-,31+,32-,33+,34+/m0/s1. The van der Waals surface area contributed by atoms with Gasteiger partial charge in [-0.05, 0) is 90.9 Å². The van der Waals surface area contributed by atoms with Crippen LogP contribution in [0, 0.1) is 55.7 Å². The summed E-state index contributed by atoms with van der Waals surface area (Å²) in [6, 6.07) is 2.17. The number of aliphatic carboxylic acids is 1. The van der Waals surface area contributed by atoms with Crippen LogP contribution < -0.4 is 0 Å². The Hall–Kier alpha value is -2.22. The van der Waals surface area contributed by atoms with Crippen molar-refractivity contribution in [3.63, 3.8) is 0 Å². The number of rotatable bonds is 6. The number of carbonyl (C=O) groups is 3. The summed E-state index contributed by atoms with van der Waals surface area (Å²) in [5.74, 6) is -0.233. The number of ketones is 2. The molecular weight excluding hydrogens is 486 g/mol. The van der Waals surface area contributed by atoms with Gasteiger partial charge >= 0.3 is 5.97 Å². The van der Waals surface area contributed by atoms with Crippen LogP contribution in [0.15, 0.2) is 23.3 Å². The van der Waals surface area contributed by atoms with Crippen molar-refractivity contribution in [2.45, 2.75) is 120 Å². The highest BCUT2D eigenvalue weighted by Crippen LogP contribution is 2.69. The van der Waals surface area contributed by atoms with E-state index in [-0.39, 0.29) is 51.1 Å². The van der Waals surface area contributed by atoms with Crippen molar-refractivity contribution >= 4 is 17.5 Å². The quantitative estimate of drug-likeness (QED) is 0.374. The van der Waals surface area contributed by atoms with E-state index in [0.717, 1.165) is 50.5 Å². The summed E-state index contributed by atoms with van der Waals surface area (Å²) in [4.78, 5) is 38.3. The number of Topliss-reactive ketones (excluding diaryl/α,β-unsaturated/α-hetero) is 1. The molecule has 0 heterocycles. The van der Waals surface area contributed by atoms with Crippen molar-refractivity contribution in [2.24, 2.45) is 44.3 Å². The molecule has 1 unspecified atom stereocenters. The second-order valence-corrected chi connectivity index (χ2v) is 15.7. The second kappa shape index (κ2) is 9.42. The molecular formula is C34H49NO4. The molecule has 0 aromatic rings. The van der Waals surface area contributed by atoms with Gasteiger partial charge in [-0.25, -0.2) is 0 Å². The molecule has 4 aliphatic carbocycles. The molecule has 0 amide bonds. The Morgan fingerprint density at radius 3 is 2.28 bits per heavy atom. The summed E-state index contributed by atoms with van der Waals surface area (Å²) >= 11 is 0. The molecule has 0 saturated heterocycles. The molecule has 5 heteroatoms. The van der Waals surface area contributed by atoms with Gasteiger partial charge in [0.05, 0.1) is 5.57 Å². The molecule has 4 aliphatic rings. The van der Waals surface area contributed by atoms with Gasteiger partial charge < -0.3 is 5.11 Å². The fraction of sp³-hybridized carbons (Fsp3) is 0.765. The van der Waals surface area contributed by atoms with Crippen molar-refractivity contribution in [3.05, 3.63) is 23.3 Å². The van der Waals surface area contributed by atoms with Gasteiger partial charge in [-0.15, -0.1) is 0 Å². The Kier molecular flexibility index (Phi) is 7.19. The average molecular weight is 536 g/mol. The first-order valence-corrected chi connectivity index (χ1v) is 15.0. The third-order valence-corrected chi connectivity index (χ3v) is 12.5. The van der Waals surface area contributed by atoms with E-state index < -0.39 is 16.8 Å². The highest BCUT2D eigenvalue weighted by Gasteiger charge is 2.63. The molecule has 0 spiro atoms. The molecule has 2 saturated carbocycles. The van der Waals surface area contributed by atoms with Crippen molar-refractivity contribution in [3.8, 4) is 6.07 Å². The van der Waals surface area contributed by atoms with E-state index in [1.165, 1.54) is 0 Å². The Morgan fingerprint density at radius 2 is 1.69 bits per heavy atom. The van der Waals surface area contributed by atoms with Crippen molar-refractivity contribution < 1.29 is 19.5 Å². The van der Waals surface area contributed by atoms with Gasteiger partial charge in [-0.3, -0.25) is 14.4 Å². The number of hydrogen-bond acceptors (Lipinski definition) is 4. The molecule has 6 atom stereocenters. The first-order chi connectivity index (χ1) is 17.9. The lowest BCUT2D eigenvalue weighted by Gasteiger charge is -2.63. The van der Waals surface area contributed by atoms with Crippen molar-refractivity contribution in [1.82, 2.24) is 0 Å². The molecule has 0 aromatic heterocycles. The zero-order valence-corrected chi connectivity index (χ0v) is 25.5. The minimum absolute atomic E-state index is 0.0339. The van der Waals surface area contributed by atoms with Gasteiger partial charge in [0.2, 0.25) is 0 Å². The molecule has 0 aromatic carbocycles. The topological polar surface area (TPSA) is 95.2 Å². The number of carboxylic acids is 1. The number of nitrogens with zero attached hydrogens (tertiary/aromatic N) is 1. The van der Waals surface area contributed by atoms with Gasteiger partial charge in [-0.2, -0.15) is 5.26 Å². The van der Waals surface area contributed by atoms with Gasteiger partial charge in [0, 0.05) is 23.7 Å². The van der Waals surface area contributed by atoms with Crippen LogP contribution >= 0.6 is 0 Å². The van der Waals surface area contributed by atoms with Crippen molar-refractivity contribution in [1.29, 1.82) is 5.26 Å². The zero-order chi connectivity index (χ0) is 29.2. The van der Waals surface area contributed by atoms with Crippen LogP contribution in [0.1, 0.15) is 120 Å². The minimum atomic E-state index is -0.733. The van der Waals surface area contributed by atoms with Gasteiger partial charge in [0.15, 0.2) is 11.6 Å². The lowest BCUT2D eigenvalue weighted by atomic mass is 9.40. The number of carbonyl (C=O) groups excluding carboxylic acids is 2. The van der Waals surface area contributed by atoms with Gasteiger partial charge in [0.1, 0.15) is 6.07 Å². The fourth-order valence-corrected chi connectivity index (χ4v) is 9.72. The van der Waals surface area contributed by atoms with Gasteiger partial charge in [0.25, 0.3) is 0 Å². The molecule has 5 nitrogen and oxygen atoms in total. The Bertz CT molecular complexity index is 1180. The largest absolute Gasteiger partial charge is 0.481 e. The van der Waals surface area contributed by atoms with Crippen LogP contribution in [0.3, 0.4) is 0 Å². The summed E-state index contributed by atoms with van der Waals surface area (Å²) in [7, 11) is 0. The smallest absolute Gasteiger partial charge is 0.303 e. The zero-order valence-electron chi connectivity index (χ0n) is 25.5. The highest BCUT2D eigenvalue weighted by molar-refractivity contribution is 6.04. The van der Waals surface area contributed by atoms with Crippen LogP contribution in [-0.2, 0) is 14.4 Å². The lowest BCUT2D eigenvalue weighted by molar-refractivity contribution is -0.138. The van der Waals surface area contributed by atoms with Crippen LogP contribution in [0.2, 0.25) is 0 Å². The van der Waals surface area contributed by atoms with Crippen LogP contribution in [0.4, 0.5) is 0 Å².